The number of pyridine rings is 1. The van der Waals surface area contributed by atoms with Gasteiger partial charge in [0.25, 0.3) is 5.56 Å². The van der Waals surface area contributed by atoms with Crippen molar-refractivity contribution < 1.29 is 4.39 Å². The van der Waals surface area contributed by atoms with Crippen LogP contribution in [0, 0.1) is 17.1 Å². The number of rotatable bonds is 3. The lowest BCUT2D eigenvalue weighted by atomic mass is 10.1. The summed E-state index contributed by atoms with van der Waals surface area (Å²) >= 11 is 7.34. The van der Waals surface area contributed by atoms with Crippen LogP contribution in [0.3, 0.4) is 0 Å². The van der Waals surface area contributed by atoms with E-state index in [2.05, 4.69) is 4.98 Å². The van der Waals surface area contributed by atoms with Gasteiger partial charge in [-0.1, -0.05) is 35.9 Å². The minimum atomic E-state index is -0.642. The molecular formula is C23H12ClFN4O2S. The van der Waals surface area contributed by atoms with Gasteiger partial charge in [0.1, 0.15) is 17.1 Å². The van der Waals surface area contributed by atoms with Crippen LogP contribution in [0.4, 0.5) is 4.39 Å². The molecular weight excluding hydrogens is 451 g/mol. The molecule has 0 saturated heterocycles. The van der Waals surface area contributed by atoms with E-state index in [4.69, 9.17) is 11.6 Å². The summed E-state index contributed by atoms with van der Waals surface area (Å²) in [6.07, 6.45) is 3.11. The first kappa shape index (κ1) is 20.1. The summed E-state index contributed by atoms with van der Waals surface area (Å²) in [7, 11) is 0. The summed E-state index contributed by atoms with van der Waals surface area (Å²) in [5.74, 6) is -0.480. The molecule has 9 heteroatoms. The number of fused-ring (bicyclic) bond motifs is 2. The second-order valence-corrected chi connectivity index (χ2v) is 8.46. The second kappa shape index (κ2) is 7.71. The number of thiophene rings is 1. The van der Waals surface area contributed by atoms with Crippen molar-refractivity contribution in [2.24, 2.45) is 0 Å². The summed E-state index contributed by atoms with van der Waals surface area (Å²) in [6.45, 7) is -0.249. The lowest BCUT2D eigenvalue weighted by Crippen LogP contribution is -2.38. The second-order valence-electron chi connectivity index (χ2n) is 7.00. The normalized spacial score (nSPS) is 11.2. The van der Waals surface area contributed by atoms with Gasteiger partial charge in [-0.25, -0.2) is 13.8 Å². The predicted octanol–water partition coefficient (Wildman–Crippen LogP) is 4.75. The maximum absolute atomic E-state index is 13.5. The van der Waals surface area contributed by atoms with E-state index in [0.717, 1.165) is 21.3 Å². The van der Waals surface area contributed by atoms with Crippen LogP contribution in [-0.4, -0.2) is 14.1 Å². The predicted molar refractivity (Wildman–Crippen MR) is 123 cm³/mol. The molecule has 0 amide bonds. The van der Waals surface area contributed by atoms with E-state index in [-0.39, 0.29) is 16.3 Å². The van der Waals surface area contributed by atoms with Crippen LogP contribution in [0.1, 0.15) is 0 Å². The van der Waals surface area contributed by atoms with Crippen LogP contribution in [0.2, 0.25) is 5.02 Å². The lowest BCUT2D eigenvalue weighted by Gasteiger charge is -2.11. The number of hydrogen-bond donors (Lipinski definition) is 0. The molecule has 0 aliphatic rings. The summed E-state index contributed by atoms with van der Waals surface area (Å²) < 4.78 is 16.1. The summed E-state index contributed by atoms with van der Waals surface area (Å²) in [5.41, 5.74) is 0.0272. The largest absolute Gasteiger partial charge is 0.337 e. The van der Waals surface area contributed by atoms with E-state index in [9.17, 15) is 19.2 Å². The number of halogens is 2. The Morgan fingerprint density at radius 1 is 1.12 bits per heavy atom. The van der Waals surface area contributed by atoms with Crippen LogP contribution >= 0.6 is 22.9 Å². The average molecular weight is 463 g/mol. The number of nitrogens with zero attached hydrogens (tertiary/aromatic N) is 4. The molecule has 0 fully saturated rings. The van der Waals surface area contributed by atoms with Crippen molar-refractivity contribution in [2.75, 3.05) is 0 Å². The molecule has 0 bridgehead atoms. The SMILES string of the molecule is N#CCn1c(=O)n(-c2cncc3ccccc23)c(=O)c2sc(-c3ccc(F)cc3Cl)cc21. The van der Waals surface area contributed by atoms with Gasteiger partial charge >= 0.3 is 5.69 Å². The van der Waals surface area contributed by atoms with Gasteiger partial charge in [0.05, 0.1) is 28.5 Å². The monoisotopic (exact) mass is 462 g/mol. The Morgan fingerprint density at radius 2 is 1.94 bits per heavy atom. The fourth-order valence-electron chi connectivity index (χ4n) is 3.68. The van der Waals surface area contributed by atoms with Crippen molar-refractivity contribution in [3.8, 4) is 22.2 Å². The first-order valence-corrected chi connectivity index (χ1v) is 10.6. The van der Waals surface area contributed by atoms with Gasteiger partial charge in [-0.05, 0) is 24.3 Å². The number of nitriles is 1. The van der Waals surface area contributed by atoms with Crippen LogP contribution in [0.15, 0.2) is 70.5 Å². The third kappa shape index (κ3) is 3.11. The van der Waals surface area contributed by atoms with Crippen molar-refractivity contribution in [1.29, 1.82) is 5.26 Å². The quantitative estimate of drug-likeness (QED) is 0.387. The maximum Gasteiger partial charge on any atom is 0.337 e. The van der Waals surface area contributed by atoms with Crippen molar-refractivity contribution in [2.45, 2.75) is 6.54 Å². The van der Waals surface area contributed by atoms with Crippen molar-refractivity contribution in [1.82, 2.24) is 14.1 Å². The Balaban J connectivity index is 1.87. The number of hydrogen-bond acceptors (Lipinski definition) is 5. The van der Waals surface area contributed by atoms with Crippen LogP contribution < -0.4 is 11.2 Å². The summed E-state index contributed by atoms with van der Waals surface area (Å²) in [5, 5.41) is 11.0. The highest BCUT2D eigenvalue weighted by molar-refractivity contribution is 7.22. The molecule has 0 N–H and O–H groups in total. The molecule has 0 aliphatic heterocycles. The highest BCUT2D eigenvalue weighted by atomic mass is 35.5. The average Bonchev–Trinajstić information content (AvgIpc) is 3.22. The van der Waals surface area contributed by atoms with E-state index >= 15 is 0 Å². The molecule has 5 aromatic rings. The molecule has 2 aromatic carbocycles. The summed E-state index contributed by atoms with van der Waals surface area (Å²) in [6, 6.07) is 14.9. The Morgan fingerprint density at radius 3 is 2.72 bits per heavy atom. The fraction of sp³-hybridized carbons (Fsp3) is 0.0435. The van der Waals surface area contributed by atoms with Gasteiger partial charge in [0.15, 0.2) is 0 Å². The van der Waals surface area contributed by atoms with Gasteiger partial charge in [-0.2, -0.15) is 5.26 Å². The molecule has 0 radical (unpaired) electrons. The Kier molecular flexibility index (Phi) is 4.85. The van der Waals surface area contributed by atoms with E-state index in [0.29, 0.717) is 27.0 Å². The maximum atomic E-state index is 13.5. The topological polar surface area (TPSA) is 80.7 Å². The smallest absolute Gasteiger partial charge is 0.278 e. The first-order valence-electron chi connectivity index (χ1n) is 9.44. The highest BCUT2D eigenvalue weighted by Gasteiger charge is 2.20. The molecule has 5 rings (SSSR count). The van der Waals surface area contributed by atoms with Crippen molar-refractivity contribution >= 4 is 43.9 Å². The molecule has 0 aliphatic carbocycles. The zero-order valence-corrected chi connectivity index (χ0v) is 17.8. The molecule has 6 nitrogen and oxygen atoms in total. The molecule has 3 heterocycles. The number of benzene rings is 2. The lowest BCUT2D eigenvalue weighted by molar-refractivity contribution is 0.628. The van der Waals surface area contributed by atoms with Gasteiger partial charge < -0.3 is 0 Å². The van der Waals surface area contributed by atoms with Gasteiger partial charge in [-0.3, -0.25) is 14.3 Å². The van der Waals surface area contributed by atoms with E-state index in [1.807, 2.05) is 24.3 Å². The third-order valence-corrected chi connectivity index (χ3v) is 6.59. The van der Waals surface area contributed by atoms with Crippen LogP contribution in [0.25, 0.3) is 37.1 Å². The zero-order valence-electron chi connectivity index (χ0n) is 16.3. The highest BCUT2D eigenvalue weighted by Crippen LogP contribution is 2.36. The molecule has 0 unspecified atom stereocenters. The van der Waals surface area contributed by atoms with Crippen molar-refractivity contribution in [3.63, 3.8) is 0 Å². The van der Waals surface area contributed by atoms with Crippen LogP contribution in [0.5, 0.6) is 0 Å². The first-order chi connectivity index (χ1) is 15.5. The van der Waals surface area contributed by atoms with Gasteiger partial charge in [0.2, 0.25) is 0 Å². The van der Waals surface area contributed by atoms with Crippen molar-refractivity contribution in [3.05, 3.63) is 92.6 Å². The fourth-order valence-corrected chi connectivity index (χ4v) is 5.14. The Labute approximate surface area is 189 Å². The Bertz CT molecular complexity index is 1690. The van der Waals surface area contributed by atoms with E-state index in [1.165, 1.54) is 29.0 Å². The van der Waals surface area contributed by atoms with Crippen LogP contribution in [-0.2, 0) is 6.54 Å². The molecule has 0 spiro atoms. The zero-order chi connectivity index (χ0) is 22.4. The third-order valence-electron chi connectivity index (χ3n) is 5.14. The number of aromatic nitrogens is 3. The minimum absolute atomic E-state index is 0.185. The summed E-state index contributed by atoms with van der Waals surface area (Å²) in [4.78, 5) is 31.6. The molecule has 0 atom stereocenters. The van der Waals surface area contributed by atoms with E-state index < -0.39 is 17.1 Å². The Hall–Kier alpha value is -3.80. The standard InChI is InChI=1S/C23H12ClFN4O2S/c24-17-9-14(25)5-6-16(17)20-10-18-21(32-20)22(30)29(23(31)28(18)8-7-26)19-12-27-11-13-3-1-2-4-15(13)19/h1-6,9-12H,8H2. The van der Waals surface area contributed by atoms with Gasteiger partial charge in [-0.15, -0.1) is 11.3 Å². The van der Waals surface area contributed by atoms with E-state index in [1.54, 1.807) is 18.3 Å². The molecule has 32 heavy (non-hydrogen) atoms. The van der Waals surface area contributed by atoms with Gasteiger partial charge in [0, 0.05) is 27.4 Å². The molecule has 3 aromatic heterocycles. The molecule has 0 saturated carbocycles. The molecule has 156 valence electrons. The minimum Gasteiger partial charge on any atom is -0.278 e.